The van der Waals surface area contributed by atoms with Crippen LogP contribution in [0.2, 0.25) is 5.15 Å². The van der Waals surface area contributed by atoms with Crippen molar-refractivity contribution in [2.45, 2.75) is 6.36 Å². The van der Waals surface area contributed by atoms with E-state index in [4.69, 9.17) is 25.8 Å². The van der Waals surface area contributed by atoms with Crippen molar-refractivity contribution in [3.8, 4) is 28.6 Å². The Morgan fingerprint density at radius 1 is 1.07 bits per heavy atom. The Bertz CT molecular complexity index is 1100. The number of aromatic nitrogens is 4. The van der Waals surface area contributed by atoms with Crippen molar-refractivity contribution in [3.63, 3.8) is 0 Å². The summed E-state index contributed by atoms with van der Waals surface area (Å²) in [5, 5.41) is 12.4. The van der Waals surface area contributed by atoms with Gasteiger partial charge in [-0.2, -0.15) is 4.52 Å². The Morgan fingerprint density at radius 2 is 1.83 bits per heavy atom. The highest BCUT2D eigenvalue weighted by Gasteiger charge is 2.43. The van der Waals surface area contributed by atoms with E-state index in [9.17, 15) is 13.2 Å². The summed E-state index contributed by atoms with van der Waals surface area (Å²) in [6.07, 6.45) is -4.81. The topological polar surface area (TPSA) is 80.0 Å². The highest BCUT2D eigenvalue weighted by atomic mass is 35.5. The smallest absolute Gasteiger partial charge is 0.486 e. The summed E-state index contributed by atoms with van der Waals surface area (Å²) in [6, 6.07) is 5.33. The van der Waals surface area contributed by atoms with E-state index in [-0.39, 0.29) is 39.3 Å². The Labute approximate surface area is 166 Å². The molecule has 2 aromatic heterocycles. The van der Waals surface area contributed by atoms with Gasteiger partial charge in [0, 0.05) is 5.56 Å². The zero-order valence-electron chi connectivity index (χ0n) is 14.6. The van der Waals surface area contributed by atoms with Crippen molar-refractivity contribution in [1.82, 2.24) is 19.8 Å². The van der Waals surface area contributed by atoms with E-state index in [1.165, 1.54) is 22.7 Å². The zero-order valence-corrected chi connectivity index (χ0v) is 15.3. The van der Waals surface area contributed by atoms with Crippen LogP contribution in [0.25, 0.3) is 17.0 Å². The number of halogens is 4. The molecule has 2 aliphatic heterocycles. The second-order valence-electron chi connectivity index (χ2n) is 6.85. The molecule has 0 saturated carbocycles. The number of alkyl halides is 3. The summed E-state index contributed by atoms with van der Waals surface area (Å²) >= 11 is 6.29. The van der Waals surface area contributed by atoms with Gasteiger partial charge in [-0.1, -0.05) is 23.7 Å². The third kappa shape index (κ3) is 3.19. The van der Waals surface area contributed by atoms with Crippen molar-refractivity contribution in [2.75, 3.05) is 26.4 Å². The average Bonchev–Trinajstić information content (AvgIpc) is 2.91. The summed E-state index contributed by atoms with van der Waals surface area (Å²) in [5.74, 6) is 0.303. The normalized spacial score (nSPS) is 17.8. The summed E-state index contributed by atoms with van der Waals surface area (Å²) in [7, 11) is 0. The lowest BCUT2D eigenvalue weighted by molar-refractivity contribution is -0.274. The SMILES string of the molecule is FC(F)(F)Oc1cccc(-c2nnc3c4c(c(Cl)nn23)OCC2(COC2)CO4)c1. The number of fused-ring (bicyclic) bond motifs is 3. The standard InChI is InChI=1S/C17H12ClF3N4O4/c18-13-11-12(28-8-16(7-27-11)5-26-6-16)15-23-22-14(25(15)24-13)9-2-1-3-10(4-9)29-17(19,20)21/h1-4H,5-8H2. The first-order valence-electron chi connectivity index (χ1n) is 8.48. The van der Waals surface area contributed by atoms with Gasteiger partial charge >= 0.3 is 6.36 Å². The molecular weight excluding hydrogens is 417 g/mol. The largest absolute Gasteiger partial charge is 0.573 e. The van der Waals surface area contributed by atoms with E-state index < -0.39 is 6.36 Å². The molecule has 0 amide bonds. The fourth-order valence-electron chi connectivity index (χ4n) is 3.16. The molecule has 1 saturated heterocycles. The number of hydrogen-bond acceptors (Lipinski definition) is 7. The van der Waals surface area contributed by atoms with Gasteiger partial charge in [0.05, 0.1) is 18.6 Å². The number of nitrogens with zero attached hydrogens (tertiary/aromatic N) is 4. The molecule has 0 unspecified atom stereocenters. The van der Waals surface area contributed by atoms with Gasteiger partial charge < -0.3 is 18.9 Å². The fourth-order valence-corrected chi connectivity index (χ4v) is 3.38. The molecule has 3 aromatic rings. The van der Waals surface area contributed by atoms with E-state index >= 15 is 0 Å². The van der Waals surface area contributed by atoms with Gasteiger partial charge in [0.15, 0.2) is 11.0 Å². The molecule has 5 rings (SSSR count). The summed E-state index contributed by atoms with van der Waals surface area (Å²) in [4.78, 5) is 0. The van der Waals surface area contributed by atoms with Gasteiger partial charge in [-0.05, 0) is 12.1 Å². The van der Waals surface area contributed by atoms with Crippen molar-refractivity contribution in [1.29, 1.82) is 0 Å². The van der Waals surface area contributed by atoms with Crippen LogP contribution < -0.4 is 14.2 Å². The molecular formula is C17H12ClF3N4O4. The van der Waals surface area contributed by atoms with E-state index in [2.05, 4.69) is 20.0 Å². The quantitative estimate of drug-likeness (QED) is 0.620. The second-order valence-corrected chi connectivity index (χ2v) is 7.21. The molecule has 1 aromatic carbocycles. The lowest BCUT2D eigenvalue weighted by atomic mass is 9.88. The molecule has 1 fully saturated rings. The second kappa shape index (κ2) is 6.36. The molecule has 29 heavy (non-hydrogen) atoms. The minimum atomic E-state index is -4.81. The molecule has 152 valence electrons. The lowest BCUT2D eigenvalue weighted by Crippen LogP contribution is -2.50. The van der Waals surface area contributed by atoms with Gasteiger partial charge in [0.2, 0.25) is 17.1 Å². The van der Waals surface area contributed by atoms with Crippen molar-refractivity contribution in [2.24, 2.45) is 5.41 Å². The highest BCUT2D eigenvalue weighted by molar-refractivity contribution is 6.31. The zero-order chi connectivity index (χ0) is 20.2. The Hall–Kier alpha value is -2.79. The predicted molar refractivity (Wildman–Crippen MR) is 92.2 cm³/mol. The van der Waals surface area contributed by atoms with Gasteiger partial charge in [-0.25, -0.2) is 0 Å². The fraction of sp³-hybridized carbons (Fsp3) is 0.353. The van der Waals surface area contributed by atoms with Crippen LogP contribution in [0.5, 0.6) is 17.2 Å². The number of hydrogen-bond donors (Lipinski definition) is 0. The first-order valence-corrected chi connectivity index (χ1v) is 8.86. The monoisotopic (exact) mass is 428 g/mol. The van der Waals surface area contributed by atoms with Crippen LogP contribution in [0.3, 0.4) is 0 Å². The number of ether oxygens (including phenoxy) is 4. The minimum absolute atomic E-state index is 0.0218. The number of rotatable bonds is 2. The van der Waals surface area contributed by atoms with E-state index in [1.54, 1.807) is 6.07 Å². The maximum Gasteiger partial charge on any atom is 0.573 e. The van der Waals surface area contributed by atoms with Crippen LogP contribution in [-0.4, -0.2) is 52.6 Å². The van der Waals surface area contributed by atoms with E-state index in [0.29, 0.717) is 32.0 Å². The van der Waals surface area contributed by atoms with Gasteiger partial charge in [0.25, 0.3) is 0 Å². The van der Waals surface area contributed by atoms with Crippen molar-refractivity contribution < 1.29 is 32.1 Å². The van der Waals surface area contributed by atoms with Crippen LogP contribution in [0.4, 0.5) is 13.2 Å². The molecule has 0 bridgehead atoms. The van der Waals surface area contributed by atoms with Crippen LogP contribution >= 0.6 is 11.6 Å². The predicted octanol–water partition coefficient (Wildman–Crippen LogP) is 3.13. The van der Waals surface area contributed by atoms with Crippen molar-refractivity contribution in [3.05, 3.63) is 29.4 Å². The molecule has 0 atom stereocenters. The van der Waals surface area contributed by atoms with E-state index in [1.807, 2.05) is 0 Å². The third-order valence-corrected chi connectivity index (χ3v) is 4.86. The molecule has 0 radical (unpaired) electrons. The molecule has 4 heterocycles. The summed E-state index contributed by atoms with van der Waals surface area (Å²) < 4.78 is 59.8. The summed E-state index contributed by atoms with van der Waals surface area (Å²) in [6.45, 7) is 1.71. The number of benzene rings is 1. The van der Waals surface area contributed by atoms with E-state index in [0.717, 1.165) is 0 Å². The van der Waals surface area contributed by atoms with Crippen LogP contribution in [-0.2, 0) is 4.74 Å². The summed E-state index contributed by atoms with van der Waals surface area (Å²) in [5.41, 5.74) is 0.283. The Kier molecular flexibility index (Phi) is 4.00. The molecule has 1 spiro atoms. The maximum atomic E-state index is 12.5. The first-order chi connectivity index (χ1) is 13.8. The highest BCUT2D eigenvalue weighted by Crippen LogP contribution is 2.43. The van der Waals surface area contributed by atoms with Crippen LogP contribution in [0.15, 0.2) is 24.3 Å². The Morgan fingerprint density at radius 3 is 2.52 bits per heavy atom. The third-order valence-electron chi connectivity index (χ3n) is 4.61. The maximum absolute atomic E-state index is 12.5. The van der Waals surface area contributed by atoms with Gasteiger partial charge in [0.1, 0.15) is 19.0 Å². The molecule has 8 nitrogen and oxygen atoms in total. The molecule has 0 aliphatic carbocycles. The first kappa shape index (κ1) is 18.3. The van der Waals surface area contributed by atoms with Gasteiger partial charge in [-0.3, -0.25) is 0 Å². The molecule has 12 heteroatoms. The van der Waals surface area contributed by atoms with Crippen molar-refractivity contribution >= 4 is 17.2 Å². The average molecular weight is 429 g/mol. The Balaban J connectivity index is 1.57. The van der Waals surface area contributed by atoms with Crippen LogP contribution in [0, 0.1) is 5.41 Å². The molecule has 2 aliphatic rings. The molecule has 0 N–H and O–H groups in total. The minimum Gasteiger partial charge on any atom is -0.486 e. The van der Waals surface area contributed by atoms with Gasteiger partial charge in [-0.15, -0.1) is 28.5 Å². The lowest BCUT2D eigenvalue weighted by Gasteiger charge is -2.38. The van der Waals surface area contributed by atoms with Crippen LogP contribution in [0.1, 0.15) is 0 Å².